The van der Waals surface area contributed by atoms with Crippen LogP contribution in [0, 0.1) is 18.3 Å². The fourth-order valence-corrected chi connectivity index (χ4v) is 3.65. The predicted octanol–water partition coefficient (Wildman–Crippen LogP) is 1.62. The standard InChI is InChI=1S/C14H14ClNO4S/c1-2-7-20-13-6-4-3-5-12(13)16-9-11(8-14(16)17)10-21(15,18)19/h1,3-6,11H,7-10H2. The molecule has 0 radical (unpaired) electrons. The van der Waals surface area contributed by atoms with Crippen LogP contribution in [0.2, 0.25) is 0 Å². The number of hydrogen-bond acceptors (Lipinski definition) is 4. The average Bonchev–Trinajstić information content (AvgIpc) is 2.75. The number of para-hydroxylation sites is 2. The summed E-state index contributed by atoms with van der Waals surface area (Å²) < 4.78 is 27.7. The van der Waals surface area contributed by atoms with E-state index in [2.05, 4.69) is 5.92 Å². The Bertz CT molecular complexity index is 680. The molecule has 1 aliphatic heterocycles. The van der Waals surface area contributed by atoms with Crippen molar-refractivity contribution in [3.05, 3.63) is 24.3 Å². The average molecular weight is 328 g/mol. The summed E-state index contributed by atoms with van der Waals surface area (Å²) in [7, 11) is 1.62. The summed E-state index contributed by atoms with van der Waals surface area (Å²) in [5.74, 6) is 2.17. The number of carbonyl (C=O) groups is 1. The SMILES string of the molecule is C#CCOc1ccccc1N1CC(CS(=O)(=O)Cl)CC1=O. The third kappa shape index (κ3) is 4.13. The van der Waals surface area contributed by atoms with Gasteiger partial charge in [0.05, 0.1) is 11.4 Å². The lowest BCUT2D eigenvalue weighted by atomic mass is 10.1. The molecule has 1 fully saturated rings. The molecule has 1 amide bonds. The lowest BCUT2D eigenvalue weighted by Gasteiger charge is -2.19. The van der Waals surface area contributed by atoms with Gasteiger partial charge in [0.15, 0.2) is 0 Å². The van der Waals surface area contributed by atoms with Gasteiger partial charge in [0.25, 0.3) is 0 Å². The molecule has 1 aliphatic rings. The summed E-state index contributed by atoms with van der Waals surface area (Å²) in [4.78, 5) is 13.6. The van der Waals surface area contributed by atoms with E-state index >= 15 is 0 Å². The lowest BCUT2D eigenvalue weighted by molar-refractivity contribution is -0.117. The van der Waals surface area contributed by atoms with Crippen molar-refractivity contribution in [2.45, 2.75) is 6.42 Å². The second kappa shape index (κ2) is 6.37. The van der Waals surface area contributed by atoms with E-state index in [4.69, 9.17) is 21.8 Å². The number of carbonyl (C=O) groups excluding carboxylic acids is 1. The second-order valence-corrected chi connectivity index (χ2v) is 7.56. The number of ether oxygens (including phenoxy) is 1. The Hall–Kier alpha value is -1.71. The first-order valence-electron chi connectivity index (χ1n) is 6.28. The van der Waals surface area contributed by atoms with Gasteiger partial charge in [-0.15, -0.1) is 6.42 Å². The molecular weight excluding hydrogens is 314 g/mol. The Morgan fingerprint density at radius 2 is 2.14 bits per heavy atom. The van der Waals surface area contributed by atoms with Crippen molar-refractivity contribution in [1.82, 2.24) is 0 Å². The first-order chi connectivity index (χ1) is 9.90. The minimum atomic E-state index is -3.63. The van der Waals surface area contributed by atoms with Gasteiger partial charge in [-0.1, -0.05) is 18.1 Å². The van der Waals surface area contributed by atoms with Crippen LogP contribution in [-0.4, -0.2) is 33.2 Å². The Morgan fingerprint density at radius 1 is 1.43 bits per heavy atom. The molecule has 0 N–H and O–H groups in total. The highest BCUT2D eigenvalue weighted by atomic mass is 35.7. The quantitative estimate of drug-likeness (QED) is 0.609. The molecule has 1 unspecified atom stereocenters. The molecule has 112 valence electrons. The van der Waals surface area contributed by atoms with Crippen molar-refractivity contribution in [3.8, 4) is 18.1 Å². The molecule has 0 aliphatic carbocycles. The third-order valence-electron chi connectivity index (χ3n) is 3.11. The van der Waals surface area contributed by atoms with Gasteiger partial charge in [-0.3, -0.25) is 4.79 Å². The van der Waals surface area contributed by atoms with Crippen molar-refractivity contribution in [3.63, 3.8) is 0 Å². The van der Waals surface area contributed by atoms with Crippen molar-refractivity contribution in [2.24, 2.45) is 5.92 Å². The second-order valence-electron chi connectivity index (χ2n) is 4.74. The highest BCUT2D eigenvalue weighted by Gasteiger charge is 2.34. The largest absolute Gasteiger partial charge is 0.479 e. The van der Waals surface area contributed by atoms with Crippen molar-refractivity contribution >= 4 is 31.3 Å². The topological polar surface area (TPSA) is 63.7 Å². The Morgan fingerprint density at radius 3 is 2.81 bits per heavy atom. The highest BCUT2D eigenvalue weighted by molar-refractivity contribution is 8.13. The molecule has 5 nitrogen and oxygen atoms in total. The van der Waals surface area contributed by atoms with E-state index in [0.717, 1.165) is 0 Å². The first-order valence-corrected chi connectivity index (χ1v) is 8.76. The van der Waals surface area contributed by atoms with Crippen molar-refractivity contribution in [2.75, 3.05) is 23.8 Å². The van der Waals surface area contributed by atoms with Crippen LogP contribution in [0.4, 0.5) is 5.69 Å². The molecule has 0 saturated carbocycles. The van der Waals surface area contributed by atoms with Crippen LogP contribution in [0.25, 0.3) is 0 Å². The molecule has 1 aromatic carbocycles. The van der Waals surface area contributed by atoms with Gasteiger partial charge >= 0.3 is 0 Å². The maximum absolute atomic E-state index is 12.1. The molecule has 1 atom stereocenters. The molecule has 1 aromatic rings. The van der Waals surface area contributed by atoms with Crippen LogP contribution in [-0.2, 0) is 13.8 Å². The summed E-state index contributed by atoms with van der Waals surface area (Å²) in [5, 5.41) is 0. The fraction of sp³-hybridized carbons (Fsp3) is 0.357. The Balaban J connectivity index is 2.19. The highest BCUT2D eigenvalue weighted by Crippen LogP contribution is 2.33. The number of rotatable bonds is 5. The monoisotopic (exact) mass is 327 g/mol. The van der Waals surface area contributed by atoms with E-state index in [1.165, 1.54) is 4.90 Å². The fourth-order valence-electron chi connectivity index (χ4n) is 2.33. The number of anilines is 1. The number of nitrogens with zero attached hydrogens (tertiary/aromatic N) is 1. The zero-order chi connectivity index (χ0) is 15.5. The van der Waals surface area contributed by atoms with Crippen LogP contribution in [0.5, 0.6) is 5.75 Å². The molecule has 0 bridgehead atoms. The molecular formula is C14H14ClNO4S. The van der Waals surface area contributed by atoms with E-state index in [1.807, 2.05) is 0 Å². The van der Waals surface area contributed by atoms with E-state index in [9.17, 15) is 13.2 Å². The zero-order valence-corrected chi connectivity index (χ0v) is 12.7. The normalized spacial score (nSPS) is 18.6. The number of benzene rings is 1. The van der Waals surface area contributed by atoms with Gasteiger partial charge in [-0.25, -0.2) is 8.42 Å². The predicted molar refractivity (Wildman–Crippen MR) is 80.9 cm³/mol. The Labute approximate surface area is 128 Å². The number of halogens is 1. The van der Waals surface area contributed by atoms with Crippen molar-refractivity contribution in [1.29, 1.82) is 0 Å². The summed E-state index contributed by atoms with van der Waals surface area (Å²) >= 11 is 0. The number of terminal acetylenes is 1. The maximum atomic E-state index is 12.1. The van der Waals surface area contributed by atoms with Gasteiger partial charge < -0.3 is 9.64 Å². The van der Waals surface area contributed by atoms with E-state index in [1.54, 1.807) is 24.3 Å². The molecule has 0 spiro atoms. The van der Waals surface area contributed by atoms with E-state index in [-0.39, 0.29) is 30.6 Å². The molecule has 2 rings (SSSR count). The van der Waals surface area contributed by atoms with E-state index < -0.39 is 9.05 Å². The minimum absolute atomic E-state index is 0.0958. The maximum Gasteiger partial charge on any atom is 0.232 e. The molecule has 1 heterocycles. The van der Waals surface area contributed by atoms with Gasteiger partial charge in [-0.2, -0.15) is 0 Å². The summed E-state index contributed by atoms with van der Waals surface area (Å²) in [6.45, 7) is 0.389. The van der Waals surface area contributed by atoms with Crippen LogP contribution in [0.15, 0.2) is 24.3 Å². The Kier molecular flexibility index (Phi) is 4.76. The molecule has 21 heavy (non-hydrogen) atoms. The molecule has 1 saturated heterocycles. The van der Waals surface area contributed by atoms with Gasteiger partial charge in [0.2, 0.25) is 15.0 Å². The molecule has 0 aromatic heterocycles. The first kappa shape index (κ1) is 15.7. The van der Waals surface area contributed by atoms with Crippen LogP contribution in [0.3, 0.4) is 0 Å². The summed E-state index contributed by atoms with van der Waals surface area (Å²) in [5.41, 5.74) is 0.590. The van der Waals surface area contributed by atoms with Crippen LogP contribution in [0.1, 0.15) is 6.42 Å². The summed E-state index contributed by atoms with van der Waals surface area (Å²) in [6.07, 6.45) is 5.31. The van der Waals surface area contributed by atoms with E-state index in [0.29, 0.717) is 18.0 Å². The number of amides is 1. The van der Waals surface area contributed by atoms with Gasteiger partial charge in [0.1, 0.15) is 12.4 Å². The molecule has 7 heteroatoms. The third-order valence-corrected chi connectivity index (χ3v) is 4.35. The zero-order valence-electron chi connectivity index (χ0n) is 11.2. The van der Waals surface area contributed by atoms with Crippen molar-refractivity contribution < 1.29 is 17.9 Å². The smallest absolute Gasteiger partial charge is 0.232 e. The van der Waals surface area contributed by atoms with Crippen LogP contribution >= 0.6 is 10.7 Å². The summed E-state index contributed by atoms with van der Waals surface area (Å²) in [6, 6.07) is 7.00. The minimum Gasteiger partial charge on any atom is -0.479 e. The number of hydrogen-bond donors (Lipinski definition) is 0. The lowest BCUT2D eigenvalue weighted by Crippen LogP contribution is -2.26. The van der Waals surface area contributed by atoms with Gasteiger partial charge in [0, 0.05) is 29.6 Å². The van der Waals surface area contributed by atoms with Crippen LogP contribution < -0.4 is 9.64 Å². The van der Waals surface area contributed by atoms with Gasteiger partial charge in [-0.05, 0) is 12.1 Å².